The van der Waals surface area contributed by atoms with Crippen molar-refractivity contribution in [2.24, 2.45) is 7.05 Å². The number of aryl methyl sites for hydroxylation is 1. The second-order valence-corrected chi connectivity index (χ2v) is 10.0. The number of hydrogen-bond acceptors (Lipinski definition) is 6. The Morgan fingerprint density at radius 3 is 2.92 bits per heavy atom. The van der Waals surface area contributed by atoms with Gasteiger partial charge in [0.25, 0.3) is 0 Å². The Morgan fingerprint density at radius 2 is 2.20 bits per heavy atom. The van der Waals surface area contributed by atoms with E-state index in [-0.39, 0.29) is 18.3 Å². The van der Waals surface area contributed by atoms with Crippen LogP contribution in [0, 0.1) is 0 Å². The molecular formula is C16H21ClN4O3Si-. The number of benzene rings is 1. The van der Waals surface area contributed by atoms with E-state index in [0.717, 1.165) is 17.7 Å². The minimum atomic E-state index is -3.63. The van der Waals surface area contributed by atoms with Gasteiger partial charge in [-0.25, -0.2) is 0 Å². The van der Waals surface area contributed by atoms with Crippen LogP contribution in [0.25, 0.3) is 0 Å². The van der Waals surface area contributed by atoms with Crippen molar-refractivity contribution in [1.29, 1.82) is 0 Å². The minimum absolute atomic E-state index is 0.0208. The molecule has 9 heteroatoms. The lowest BCUT2D eigenvalue weighted by atomic mass is 9.78. The number of fused-ring (bicyclic) bond motifs is 2. The Labute approximate surface area is 151 Å². The topological polar surface area (TPSA) is 92.4 Å². The number of nitrogens with one attached hydrogen (secondary N) is 1. The molecule has 135 valence electrons. The molecule has 0 amide bonds. The molecular weight excluding hydrogens is 360 g/mol. The summed E-state index contributed by atoms with van der Waals surface area (Å²) in [6, 6.07) is 5.49. The van der Waals surface area contributed by atoms with Gasteiger partial charge in [0, 0.05) is 30.7 Å². The first kappa shape index (κ1) is 17.1. The Morgan fingerprint density at radius 1 is 1.40 bits per heavy atom. The summed E-state index contributed by atoms with van der Waals surface area (Å²) in [5.74, 6) is 0. The molecule has 1 saturated heterocycles. The third-order valence-corrected chi connectivity index (χ3v) is 7.14. The van der Waals surface area contributed by atoms with Crippen molar-refractivity contribution in [3.05, 3.63) is 40.7 Å². The number of aromatic nitrogens is 3. The Balaban J connectivity index is 1.78. The summed E-state index contributed by atoms with van der Waals surface area (Å²) in [4.78, 5) is 21.0. The van der Waals surface area contributed by atoms with E-state index in [1.165, 1.54) is 0 Å². The van der Waals surface area contributed by atoms with Crippen molar-refractivity contribution in [1.82, 2.24) is 20.3 Å². The van der Waals surface area contributed by atoms with Crippen molar-refractivity contribution in [3.8, 4) is 0 Å². The predicted molar refractivity (Wildman–Crippen MR) is 94.5 cm³/mol. The normalized spacial score (nSPS) is 31.1. The van der Waals surface area contributed by atoms with E-state index >= 15 is 0 Å². The van der Waals surface area contributed by atoms with Crippen molar-refractivity contribution in [3.63, 3.8) is 0 Å². The summed E-state index contributed by atoms with van der Waals surface area (Å²) in [7, 11) is -1.79. The third-order valence-electron chi connectivity index (χ3n) is 5.09. The van der Waals surface area contributed by atoms with Crippen LogP contribution in [0.5, 0.6) is 0 Å². The largest absolute Gasteiger partial charge is 0.556 e. The van der Waals surface area contributed by atoms with Crippen LogP contribution in [0.4, 0.5) is 0 Å². The standard InChI is InChI=1S/C16H21ClN4O3Si/c1-10-6-16(7-13(18-10)14-8-21(2)20-19-14)12-4-3-11(17)5-15(12)25(22,23)9-24-16/h3-5,8,10,13,18,22-23H,6-7,9H2,1-2H3/q-1/t10-,13-,16?/m0/s1. The molecule has 1 spiro atoms. The van der Waals surface area contributed by atoms with Crippen LogP contribution in [0.15, 0.2) is 24.4 Å². The molecule has 2 aliphatic heterocycles. The Hall–Kier alpha value is -1.29. The lowest BCUT2D eigenvalue weighted by molar-refractivity contribution is -0.0839. The summed E-state index contributed by atoms with van der Waals surface area (Å²) >= 11 is 6.11. The molecule has 1 unspecified atom stereocenters. The molecule has 3 atom stereocenters. The van der Waals surface area contributed by atoms with Crippen LogP contribution in [-0.4, -0.2) is 45.4 Å². The number of nitrogens with zero attached hydrogens (tertiary/aromatic N) is 3. The number of piperidine rings is 1. The number of rotatable bonds is 1. The van der Waals surface area contributed by atoms with E-state index in [0.29, 0.717) is 16.6 Å². The molecule has 7 nitrogen and oxygen atoms in total. The van der Waals surface area contributed by atoms with Crippen LogP contribution in [0.3, 0.4) is 0 Å². The average Bonchev–Trinajstić information content (AvgIpc) is 2.98. The number of ether oxygens (including phenoxy) is 1. The summed E-state index contributed by atoms with van der Waals surface area (Å²) in [5.41, 5.74) is 1.10. The van der Waals surface area contributed by atoms with Crippen LogP contribution < -0.4 is 10.5 Å². The molecule has 0 aliphatic carbocycles. The van der Waals surface area contributed by atoms with E-state index in [9.17, 15) is 9.59 Å². The zero-order valence-corrected chi connectivity index (χ0v) is 15.9. The fourth-order valence-electron chi connectivity index (χ4n) is 4.06. The number of halogens is 1. The van der Waals surface area contributed by atoms with Gasteiger partial charge in [-0.05, 0) is 31.2 Å². The molecule has 0 radical (unpaired) electrons. The molecule has 1 aromatic heterocycles. The van der Waals surface area contributed by atoms with Crippen LogP contribution in [0.2, 0.25) is 5.02 Å². The van der Waals surface area contributed by atoms with Gasteiger partial charge in [-0.2, -0.15) is 0 Å². The van der Waals surface area contributed by atoms with Crippen molar-refractivity contribution in [2.45, 2.75) is 37.5 Å². The number of hydrogen-bond donors (Lipinski definition) is 3. The SMILES string of the molecule is C[C@H]1CC2(C[C@@H](c3cn(C)nn3)N1)OC[Si-](O)(O)c1cc(Cl)ccc12. The molecule has 1 aromatic carbocycles. The summed E-state index contributed by atoms with van der Waals surface area (Å²) in [6.07, 6.45) is 3.23. The highest BCUT2D eigenvalue weighted by molar-refractivity contribution is 6.79. The quantitative estimate of drug-likeness (QED) is 0.619. The van der Waals surface area contributed by atoms with Crippen molar-refractivity contribution in [2.75, 3.05) is 6.23 Å². The maximum atomic E-state index is 10.5. The third kappa shape index (κ3) is 2.92. The lowest BCUT2D eigenvalue weighted by Gasteiger charge is -2.52. The van der Waals surface area contributed by atoms with Gasteiger partial charge in [-0.15, -0.1) is 10.3 Å². The van der Waals surface area contributed by atoms with E-state index in [4.69, 9.17) is 16.3 Å². The maximum Gasteiger partial charge on any atom is 0.179 e. The molecule has 2 aliphatic rings. The van der Waals surface area contributed by atoms with Gasteiger partial charge >= 0.3 is 0 Å². The first-order valence-corrected chi connectivity index (χ1v) is 10.8. The molecule has 0 bridgehead atoms. The molecule has 3 heterocycles. The minimum Gasteiger partial charge on any atom is -0.556 e. The average molecular weight is 381 g/mol. The smallest absolute Gasteiger partial charge is 0.179 e. The van der Waals surface area contributed by atoms with Gasteiger partial charge in [0.05, 0.1) is 17.3 Å². The van der Waals surface area contributed by atoms with Crippen LogP contribution in [0.1, 0.15) is 37.1 Å². The van der Waals surface area contributed by atoms with Crippen LogP contribution >= 0.6 is 11.6 Å². The molecule has 2 aromatic rings. The fraction of sp³-hybridized carbons (Fsp3) is 0.500. The van der Waals surface area contributed by atoms with Gasteiger partial charge in [0.1, 0.15) is 0 Å². The van der Waals surface area contributed by atoms with Gasteiger partial charge in [-0.1, -0.05) is 28.9 Å². The first-order valence-electron chi connectivity index (χ1n) is 8.31. The van der Waals surface area contributed by atoms with E-state index < -0.39 is 14.2 Å². The fourth-order valence-corrected chi connectivity index (χ4v) is 6.09. The highest BCUT2D eigenvalue weighted by Gasteiger charge is 2.47. The van der Waals surface area contributed by atoms with Crippen LogP contribution in [-0.2, 0) is 17.4 Å². The van der Waals surface area contributed by atoms with Gasteiger partial charge in [0.2, 0.25) is 0 Å². The molecule has 0 saturated carbocycles. The first-order chi connectivity index (χ1) is 11.8. The highest BCUT2D eigenvalue weighted by Crippen LogP contribution is 2.44. The predicted octanol–water partition coefficient (Wildman–Crippen LogP) is 0.380. The zero-order valence-electron chi connectivity index (χ0n) is 14.1. The molecule has 3 N–H and O–H groups in total. The summed E-state index contributed by atoms with van der Waals surface area (Å²) < 4.78 is 7.82. The Bertz CT molecular complexity index is 814. The van der Waals surface area contributed by atoms with Gasteiger partial charge in [-0.3, -0.25) is 4.68 Å². The summed E-state index contributed by atoms with van der Waals surface area (Å²) in [5, 5.41) is 12.9. The Kier molecular flexibility index (Phi) is 4.02. The van der Waals surface area contributed by atoms with E-state index in [2.05, 4.69) is 22.6 Å². The molecule has 25 heavy (non-hydrogen) atoms. The second kappa shape index (κ2) is 5.87. The summed E-state index contributed by atoms with van der Waals surface area (Å²) in [6.45, 7) is 2.10. The molecule has 4 rings (SSSR count). The van der Waals surface area contributed by atoms with E-state index in [1.807, 2.05) is 19.3 Å². The van der Waals surface area contributed by atoms with E-state index in [1.54, 1.807) is 16.8 Å². The highest BCUT2D eigenvalue weighted by atomic mass is 35.5. The zero-order chi connectivity index (χ0) is 17.8. The lowest BCUT2D eigenvalue weighted by Crippen LogP contribution is -2.64. The molecule has 1 fully saturated rings. The van der Waals surface area contributed by atoms with Crippen molar-refractivity contribution < 1.29 is 14.3 Å². The van der Waals surface area contributed by atoms with Crippen molar-refractivity contribution >= 4 is 25.3 Å². The second-order valence-electron chi connectivity index (χ2n) is 7.14. The van der Waals surface area contributed by atoms with Gasteiger partial charge in [0.15, 0.2) is 8.56 Å². The van der Waals surface area contributed by atoms with Gasteiger partial charge < -0.3 is 19.6 Å². The monoisotopic (exact) mass is 380 g/mol. The maximum absolute atomic E-state index is 10.5.